The molecular weight excluding hydrogens is 430 g/mol. The van der Waals surface area contributed by atoms with E-state index in [9.17, 15) is 0 Å². The molecule has 1 aromatic heterocycles. The molecule has 2 saturated heterocycles. The fourth-order valence-electron chi connectivity index (χ4n) is 4.89. The maximum atomic E-state index is 5.94. The molecule has 0 amide bonds. The number of benzene rings is 2. The Balaban J connectivity index is 1.28. The van der Waals surface area contributed by atoms with Gasteiger partial charge in [0.1, 0.15) is 0 Å². The van der Waals surface area contributed by atoms with Crippen LogP contribution in [0.1, 0.15) is 24.0 Å². The molecule has 2 aromatic carbocycles. The summed E-state index contributed by atoms with van der Waals surface area (Å²) in [5.41, 5.74) is 2.69. The lowest BCUT2D eigenvalue weighted by molar-refractivity contribution is 0.121. The molecule has 33 heavy (non-hydrogen) atoms. The maximum Gasteiger partial charge on any atom is 0.226 e. The number of likely N-dealkylation sites (tertiary alicyclic amines) is 1. The van der Waals surface area contributed by atoms with Crippen molar-refractivity contribution in [2.45, 2.75) is 32.5 Å². The Labute approximate surface area is 201 Å². The number of morpholine rings is 1. The summed E-state index contributed by atoms with van der Waals surface area (Å²) in [6.45, 7) is 6.87. The van der Waals surface area contributed by atoms with Crippen molar-refractivity contribution in [2.24, 2.45) is 5.92 Å². The highest BCUT2D eigenvalue weighted by molar-refractivity contribution is 7.71. The van der Waals surface area contributed by atoms with Gasteiger partial charge in [-0.3, -0.25) is 9.47 Å². The number of rotatable bonds is 7. The number of anilines is 1. The van der Waals surface area contributed by atoms with Gasteiger partial charge in [-0.15, -0.1) is 5.10 Å². The summed E-state index contributed by atoms with van der Waals surface area (Å²) in [5, 5.41) is 5.01. The van der Waals surface area contributed by atoms with Gasteiger partial charge in [0.05, 0.1) is 26.4 Å². The summed E-state index contributed by atoms with van der Waals surface area (Å²) < 4.78 is 10.6. The van der Waals surface area contributed by atoms with Crippen molar-refractivity contribution in [1.82, 2.24) is 19.2 Å². The molecule has 3 aromatic rings. The van der Waals surface area contributed by atoms with E-state index in [2.05, 4.69) is 75.0 Å². The molecule has 174 valence electrons. The van der Waals surface area contributed by atoms with E-state index >= 15 is 0 Å². The van der Waals surface area contributed by atoms with Crippen LogP contribution in [0, 0.1) is 10.7 Å². The summed E-state index contributed by atoms with van der Waals surface area (Å²) in [6.07, 6.45) is 3.63. The van der Waals surface area contributed by atoms with Crippen LogP contribution in [0.25, 0.3) is 0 Å². The van der Waals surface area contributed by atoms with Crippen molar-refractivity contribution in [1.29, 1.82) is 0 Å². The van der Waals surface area contributed by atoms with Gasteiger partial charge in [-0.25, -0.2) is 4.68 Å². The van der Waals surface area contributed by atoms with Gasteiger partial charge in [-0.1, -0.05) is 60.7 Å². The highest BCUT2D eigenvalue weighted by Crippen LogP contribution is 2.23. The number of piperidine rings is 1. The Kier molecular flexibility index (Phi) is 7.19. The van der Waals surface area contributed by atoms with Crippen LogP contribution in [-0.2, 0) is 24.4 Å². The Hall–Kier alpha value is -2.48. The standard InChI is InChI=1S/C26H33N5OS/c33-26-30(20-24-9-5-2-6-10-24)25(29-15-17-32-18-16-29)27-31(26)21-28-13-11-23(12-14-28)19-22-7-3-1-4-8-22/h1-10,23H,11-21H2. The van der Waals surface area contributed by atoms with Crippen LogP contribution in [0.5, 0.6) is 0 Å². The summed E-state index contributed by atoms with van der Waals surface area (Å²) in [6, 6.07) is 21.4. The number of hydrogen-bond acceptors (Lipinski definition) is 5. The van der Waals surface area contributed by atoms with E-state index in [-0.39, 0.29) is 0 Å². The number of hydrogen-bond donors (Lipinski definition) is 0. The topological polar surface area (TPSA) is 38.5 Å². The van der Waals surface area contributed by atoms with E-state index in [1.165, 1.54) is 30.4 Å². The monoisotopic (exact) mass is 463 g/mol. The Morgan fingerprint density at radius 2 is 1.48 bits per heavy atom. The third-order valence-electron chi connectivity index (χ3n) is 6.79. The first-order valence-corrected chi connectivity index (χ1v) is 12.5. The van der Waals surface area contributed by atoms with Crippen molar-refractivity contribution in [2.75, 3.05) is 44.3 Å². The van der Waals surface area contributed by atoms with Crippen LogP contribution < -0.4 is 4.90 Å². The van der Waals surface area contributed by atoms with Crippen LogP contribution in [0.3, 0.4) is 0 Å². The van der Waals surface area contributed by atoms with Gasteiger partial charge in [0.2, 0.25) is 10.7 Å². The normalized spacial score (nSPS) is 18.0. The lowest BCUT2D eigenvalue weighted by Gasteiger charge is -2.31. The van der Waals surface area contributed by atoms with Crippen molar-refractivity contribution < 1.29 is 4.74 Å². The molecule has 0 atom stereocenters. The first-order valence-electron chi connectivity index (χ1n) is 12.1. The van der Waals surface area contributed by atoms with Crippen molar-refractivity contribution in [3.05, 3.63) is 76.6 Å². The van der Waals surface area contributed by atoms with Gasteiger partial charge in [0, 0.05) is 26.2 Å². The quantitative estimate of drug-likeness (QED) is 0.491. The minimum absolute atomic E-state index is 0.736. The first-order chi connectivity index (χ1) is 16.3. The second kappa shape index (κ2) is 10.6. The largest absolute Gasteiger partial charge is 0.378 e. The van der Waals surface area contributed by atoms with Crippen LogP contribution in [0.15, 0.2) is 60.7 Å². The Morgan fingerprint density at radius 1 is 0.848 bits per heavy atom. The third kappa shape index (κ3) is 5.54. The van der Waals surface area contributed by atoms with Gasteiger partial charge in [-0.05, 0) is 48.5 Å². The third-order valence-corrected chi connectivity index (χ3v) is 7.22. The average Bonchev–Trinajstić information content (AvgIpc) is 3.17. The summed E-state index contributed by atoms with van der Waals surface area (Å²) in [4.78, 5) is 4.81. The summed E-state index contributed by atoms with van der Waals surface area (Å²) in [5.74, 6) is 1.72. The second-order valence-corrected chi connectivity index (χ2v) is 9.51. The predicted octanol–water partition coefficient (Wildman–Crippen LogP) is 4.21. The summed E-state index contributed by atoms with van der Waals surface area (Å²) >= 11 is 5.94. The van der Waals surface area contributed by atoms with E-state index in [0.717, 1.165) is 69.2 Å². The molecule has 0 spiro atoms. The smallest absolute Gasteiger partial charge is 0.226 e. The van der Waals surface area contributed by atoms with E-state index in [4.69, 9.17) is 22.1 Å². The zero-order valence-electron chi connectivity index (χ0n) is 19.2. The number of aromatic nitrogens is 3. The second-order valence-electron chi connectivity index (χ2n) is 9.15. The zero-order chi connectivity index (χ0) is 22.5. The molecule has 0 saturated carbocycles. The Bertz CT molecular complexity index is 1070. The molecule has 3 heterocycles. The van der Waals surface area contributed by atoms with Gasteiger partial charge < -0.3 is 9.64 Å². The fourth-order valence-corrected chi connectivity index (χ4v) is 5.14. The highest BCUT2D eigenvalue weighted by Gasteiger charge is 2.23. The minimum Gasteiger partial charge on any atom is -0.378 e. The highest BCUT2D eigenvalue weighted by atomic mass is 32.1. The molecule has 0 bridgehead atoms. The van der Waals surface area contributed by atoms with E-state index in [0.29, 0.717) is 0 Å². The van der Waals surface area contributed by atoms with Crippen molar-refractivity contribution in [3.63, 3.8) is 0 Å². The molecule has 6 nitrogen and oxygen atoms in total. The predicted molar refractivity (Wildman–Crippen MR) is 134 cm³/mol. The summed E-state index contributed by atoms with van der Waals surface area (Å²) in [7, 11) is 0. The first kappa shape index (κ1) is 22.3. The van der Waals surface area contributed by atoms with Crippen LogP contribution in [0.4, 0.5) is 5.95 Å². The van der Waals surface area contributed by atoms with Gasteiger partial charge >= 0.3 is 0 Å². The lowest BCUT2D eigenvalue weighted by atomic mass is 9.90. The number of ether oxygens (including phenoxy) is 1. The van der Waals surface area contributed by atoms with Gasteiger partial charge in [-0.2, -0.15) is 0 Å². The molecule has 0 N–H and O–H groups in total. The van der Waals surface area contributed by atoms with Crippen LogP contribution >= 0.6 is 12.2 Å². The van der Waals surface area contributed by atoms with Gasteiger partial charge in [0.25, 0.3) is 0 Å². The lowest BCUT2D eigenvalue weighted by Crippen LogP contribution is -2.38. The van der Waals surface area contributed by atoms with Crippen LogP contribution in [-0.4, -0.2) is 58.6 Å². The molecule has 0 radical (unpaired) electrons. The van der Waals surface area contributed by atoms with Crippen molar-refractivity contribution in [3.8, 4) is 0 Å². The van der Waals surface area contributed by atoms with E-state index < -0.39 is 0 Å². The molecule has 2 fully saturated rings. The van der Waals surface area contributed by atoms with Crippen molar-refractivity contribution >= 4 is 18.2 Å². The molecule has 0 aliphatic carbocycles. The Morgan fingerprint density at radius 3 is 2.15 bits per heavy atom. The maximum absolute atomic E-state index is 5.94. The van der Waals surface area contributed by atoms with Crippen LogP contribution in [0.2, 0.25) is 0 Å². The number of nitrogens with zero attached hydrogens (tertiary/aromatic N) is 5. The molecule has 2 aliphatic heterocycles. The van der Waals surface area contributed by atoms with Gasteiger partial charge in [0.15, 0.2) is 0 Å². The SMILES string of the molecule is S=c1n(CN2CCC(Cc3ccccc3)CC2)nc(N2CCOCC2)n1Cc1ccccc1. The average molecular weight is 464 g/mol. The molecule has 5 rings (SSSR count). The van der Waals surface area contributed by atoms with E-state index in [1.807, 2.05) is 4.68 Å². The zero-order valence-corrected chi connectivity index (χ0v) is 20.0. The molecular formula is C26H33N5OS. The fraction of sp³-hybridized carbons (Fsp3) is 0.462. The minimum atomic E-state index is 0.736. The van der Waals surface area contributed by atoms with E-state index in [1.54, 1.807) is 0 Å². The molecule has 0 unspecified atom stereocenters. The molecule has 2 aliphatic rings. The molecule has 7 heteroatoms.